The van der Waals surface area contributed by atoms with Crippen LogP contribution in [0.1, 0.15) is 27.7 Å². The van der Waals surface area contributed by atoms with Gasteiger partial charge < -0.3 is 0 Å². The Hall–Kier alpha value is 1.30. The zero-order chi connectivity index (χ0) is 8.24. The third-order valence-corrected chi connectivity index (χ3v) is 4.24. The summed E-state index contributed by atoms with van der Waals surface area (Å²) in [7, 11) is 0. The summed E-state index contributed by atoms with van der Waals surface area (Å²) in [6.07, 6.45) is 0. The van der Waals surface area contributed by atoms with Crippen molar-refractivity contribution in [3.8, 4) is 0 Å². The average molecular weight is 169 g/mol. The van der Waals surface area contributed by atoms with Crippen LogP contribution in [0.5, 0.6) is 0 Å². The fourth-order valence-corrected chi connectivity index (χ4v) is 2.12. The minimum atomic E-state index is 0.432. The standard InChI is InChI=1S/4C2H5.Al.Mg.H/c4*1-2;;;/h4*1H2,2H3;;;. The third kappa shape index (κ3) is 22.8. The van der Waals surface area contributed by atoms with Crippen molar-refractivity contribution in [1.82, 2.24) is 0 Å². The maximum atomic E-state index is 2.27. The highest BCUT2D eigenvalue weighted by Crippen LogP contribution is 1.77. The summed E-state index contributed by atoms with van der Waals surface area (Å²) < 4.78 is 2.97. The Morgan fingerprint density at radius 1 is 0.900 bits per heavy atom. The van der Waals surface area contributed by atoms with E-state index in [-0.39, 0.29) is 0 Å². The Bertz CT molecular complexity index is 30.2. The third-order valence-electron chi connectivity index (χ3n) is 1.41. The SMILES string of the molecule is C[CH2][AlH][CH2]C.C[CH2][Mg][CH2]C. The van der Waals surface area contributed by atoms with Crippen molar-refractivity contribution in [2.75, 3.05) is 0 Å². The molecule has 0 atom stereocenters. The zero-order valence-corrected chi connectivity index (χ0v) is 11.1. The number of hydrogen-bond donors (Lipinski definition) is 0. The fraction of sp³-hybridized carbons (Fsp3) is 1.00. The Morgan fingerprint density at radius 2 is 1.30 bits per heavy atom. The van der Waals surface area contributed by atoms with Gasteiger partial charge in [0.25, 0.3) is 0 Å². The van der Waals surface area contributed by atoms with Gasteiger partial charge in [-0.05, 0) is 0 Å². The van der Waals surface area contributed by atoms with Gasteiger partial charge in [-0.1, -0.05) is 27.7 Å². The lowest BCUT2D eigenvalue weighted by Crippen LogP contribution is -1.76. The molecule has 0 nitrogen and oxygen atoms in total. The molecule has 0 aromatic carbocycles. The van der Waals surface area contributed by atoms with Crippen LogP contribution in [0.2, 0.25) is 19.7 Å². The molecule has 0 aromatic rings. The van der Waals surface area contributed by atoms with Crippen LogP contribution in [0, 0.1) is 0 Å². The lowest BCUT2D eigenvalue weighted by molar-refractivity contribution is 1.36. The summed E-state index contributed by atoms with van der Waals surface area (Å²) in [6.45, 7) is 9.09. The van der Waals surface area contributed by atoms with Crippen LogP contribution in [0.25, 0.3) is 0 Å². The lowest BCUT2D eigenvalue weighted by atomic mass is 10.9. The molecule has 0 bridgehead atoms. The van der Waals surface area contributed by atoms with E-state index in [1.54, 1.807) is 0 Å². The Morgan fingerprint density at radius 3 is 1.30 bits per heavy atom. The molecule has 10 heavy (non-hydrogen) atoms. The topological polar surface area (TPSA) is 0 Å². The summed E-state index contributed by atoms with van der Waals surface area (Å²) in [5.74, 6) is 0. The molecular formula is C8H21AlMg. The van der Waals surface area contributed by atoms with Crippen LogP contribution in [-0.2, 0) is 0 Å². The van der Waals surface area contributed by atoms with Crippen LogP contribution in [-0.4, -0.2) is 35.6 Å². The highest BCUT2D eigenvalue weighted by Gasteiger charge is 1.79. The minimum absolute atomic E-state index is 0.432. The molecule has 0 heterocycles. The van der Waals surface area contributed by atoms with E-state index in [0.29, 0.717) is 35.6 Å². The van der Waals surface area contributed by atoms with Gasteiger partial charge in [0.15, 0.2) is 0 Å². The summed E-state index contributed by atoms with van der Waals surface area (Å²) in [4.78, 5) is 0. The highest BCUT2D eigenvalue weighted by molar-refractivity contribution is 6.35. The Labute approximate surface area is 82.6 Å². The largest absolute Gasteiger partial charge is 0.363 e. The van der Waals surface area contributed by atoms with Crippen LogP contribution >= 0.6 is 0 Å². The molecule has 0 radical (unpaired) electrons. The van der Waals surface area contributed by atoms with Crippen molar-refractivity contribution in [2.24, 2.45) is 0 Å². The second-order valence-electron chi connectivity index (χ2n) is 2.71. The first-order valence-electron chi connectivity index (χ1n) is 4.83. The van der Waals surface area contributed by atoms with E-state index in [1.165, 1.54) is 19.7 Å². The van der Waals surface area contributed by atoms with E-state index in [1.807, 2.05) is 0 Å². The molecule has 0 aromatic heterocycles. The molecule has 0 fully saturated rings. The summed E-state index contributed by atoms with van der Waals surface area (Å²) in [5.41, 5.74) is 0. The lowest BCUT2D eigenvalue weighted by Gasteiger charge is -1.73. The molecule has 0 spiro atoms. The van der Waals surface area contributed by atoms with Gasteiger partial charge in [0, 0.05) is 0 Å². The van der Waals surface area contributed by atoms with Gasteiger partial charge >= 0.3 is 20.4 Å². The van der Waals surface area contributed by atoms with Crippen molar-refractivity contribution >= 4 is 35.6 Å². The predicted molar refractivity (Wildman–Crippen MR) is 54.8 cm³/mol. The van der Waals surface area contributed by atoms with Crippen molar-refractivity contribution in [3.63, 3.8) is 0 Å². The van der Waals surface area contributed by atoms with E-state index in [9.17, 15) is 0 Å². The molecule has 0 rings (SSSR count). The molecule has 0 aliphatic rings. The van der Waals surface area contributed by atoms with E-state index < -0.39 is 0 Å². The maximum Gasteiger partial charge on any atom is 0.363 e. The fourth-order valence-electron chi connectivity index (χ4n) is 0.707. The molecule has 58 valence electrons. The monoisotopic (exact) mass is 168 g/mol. The summed E-state index contributed by atoms with van der Waals surface area (Å²) in [6, 6.07) is 0. The van der Waals surface area contributed by atoms with Gasteiger partial charge in [0.05, 0.1) is 0 Å². The van der Waals surface area contributed by atoms with Gasteiger partial charge in [0.2, 0.25) is 15.2 Å². The van der Waals surface area contributed by atoms with Crippen LogP contribution in [0.4, 0.5) is 0 Å². The zero-order valence-electron chi connectivity index (χ0n) is 8.24. The van der Waals surface area contributed by atoms with E-state index in [2.05, 4.69) is 27.7 Å². The van der Waals surface area contributed by atoms with Gasteiger partial charge in [-0.2, -0.15) is 0 Å². The Balaban J connectivity index is 0. The van der Waals surface area contributed by atoms with Gasteiger partial charge in [-0.15, -0.1) is 19.7 Å². The molecule has 0 aliphatic carbocycles. The van der Waals surface area contributed by atoms with Crippen LogP contribution < -0.4 is 0 Å². The summed E-state index contributed by atoms with van der Waals surface area (Å²) >= 11 is 0.864. The smallest absolute Gasteiger partial charge is 0.149 e. The average Bonchev–Trinajstić information content (AvgIpc) is 1.93. The normalized spacial score (nSPS) is 7.20. The molecule has 2 heteroatoms. The first-order valence-corrected chi connectivity index (χ1v) is 8.83. The second-order valence-corrected chi connectivity index (χ2v) is 8.12. The first-order chi connectivity index (χ1) is 4.83. The molecular weight excluding hydrogens is 147 g/mol. The minimum Gasteiger partial charge on any atom is -0.149 e. The second kappa shape index (κ2) is 16.7. The first kappa shape index (κ1) is 13.9. The van der Waals surface area contributed by atoms with Crippen LogP contribution in [0.3, 0.4) is 0 Å². The van der Waals surface area contributed by atoms with Crippen molar-refractivity contribution in [2.45, 2.75) is 47.4 Å². The molecule has 0 saturated carbocycles. The Kier molecular flexibility index (Phi) is 23.2. The number of rotatable bonds is 4. The highest BCUT2D eigenvalue weighted by atomic mass is 27.1. The molecule has 0 unspecified atom stereocenters. The maximum absolute atomic E-state index is 2.27. The molecule has 0 N–H and O–H groups in total. The van der Waals surface area contributed by atoms with Crippen molar-refractivity contribution in [3.05, 3.63) is 0 Å². The van der Waals surface area contributed by atoms with E-state index >= 15 is 0 Å². The van der Waals surface area contributed by atoms with E-state index in [0.717, 1.165) is 0 Å². The van der Waals surface area contributed by atoms with Gasteiger partial charge in [0.1, 0.15) is 0 Å². The number of hydrogen-bond acceptors (Lipinski definition) is 0. The summed E-state index contributed by atoms with van der Waals surface area (Å²) in [5, 5.41) is 2.97. The van der Waals surface area contributed by atoms with E-state index in [4.69, 9.17) is 0 Å². The predicted octanol–water partition coefficient (Wildman–Crippen LogP) is 2.87. The van der Waals surface area contributed by atoms with Gasteiger partial charge in [-0.25, -0.2) is 0 Å². The van der Waals surface area contributed by atoms with Gasteiger partial charge in [-0.3, -0.25) is 0 Å². The van der Waals surface area contributed by atoms with Crippen molar-refractivity contribution in [1.29, 1.82) is 0 Å². The van der Waals surface area contributed by atoms with Crippen molar-refractivity contribution < 1.29 is 0 Å². The molecule has 0 saturated heterocycles. The quantitative estimate of drug-likeness (QED) is 0.567. The molecule has 0 aliphatic heterocycles. The molecule has 0 amide bonds. The van der Waals surface area contributed by atoms with Crippen LogP contribution in [0.15, 0.2) is 0 Å².